The van der Waals surface area contributed by atoms with Crippen LogP contribution in [0.2, 0.25) is 0 Å². The number of hydrogen-bond donors (Lipinski definition) is 2. The van der Waals surface area contributed by atoms with E-state index in [1.165, 1.54) is 26.4 Å². The van der Waals surface area contributed by atoms with Crippen molar-refractivity contribution in [3.63, 3.8) is 0 Å². The summed E-state index contributed by atoms with van der Waals surface area (Å²) >= 11 is 0. The molecular weight excluding hydrogens is 450 g/mol. The van der Waals surface area contributed by atoms with Gasteiger partial charge in [-0.05, 0) is 36.4 Å². The molecule has 0 atom stereocenters. The van der Waals surface area contributed by atoms with Crippen molar-refractivity contribution >= 4 is 11.9 Å². The van der Waals surface area contributed by atoms with E-state index in [2.05, 4.69) is 14.2 Å². The molecule has 0 spiro atoms. The number of hydrogen-bond acceptors (Lipinski definition) is 6. The first-order chi connectivity index (χ1) is 14.8. The van der Waals surface area contributed by atoms with Gasteiger partial charge in [0, 0.05) is 0 Å². The Bertz CT molecular complexity index is 883. The second-order valence-electron chi connectivity index (χ2n) is 5.78. The molecule has 1 amide bonds. The topological polar surface area (TPSA) is 99.9 Å². The Morgan fingerprint density at radius 2 is 1.19 bits per heavy atom. The van der Waals surface area contributed by atoms with Crippen molar-refractivity contribution < 1.29 is 50.1 Å². The fraction of sp³-hybridized carbons (Fsp3) is 0.263. The first-order valence-corrected chi connectivity index (χ1v) is 8.39. The van der Waals surface area contributed by atoms with Crippen molar-refractivity contribution in [1.82, 2.24) is 5.43 Å². The predicted octanol–water partition coefficient (Wildman–Crippen LogP) is 3.82. The maximum atomic E-state index is 12.6. The fourth-order valence-electron chi connectivity index (χ4n) is 2.33. The molecule has 0 saturated carbocycles. The summed E-state index contributed by atoms with van der Waals surface area (Å²) in [5.41, 5.74) is -1.58. The van der Waals surface area contributed by atoms with Gasteiger partial charge in [0.2, 0.25) is 0 Å². The molecule has 0 unspecified atom stereocenters. The van der Waals surface area contributed by atoms with Gasteiger partial charge in [-0.3, -0.25) is 10.2 Å². The van der Waals surface area contributed by atoms with E-state index >= 15 is 0 Å². The Balaban J connectivity index is 0.000000320. The molecule has 2 aromatic carbocycles. The summed E-state index contributed by atoms with van der Waals surface area (Å²) in [4.78, 5) is 22.2. The van der Waals surface area contributed by atoms with E-state index in [1.54, 1.807) is 5.43 Å². The minimum absolute atomic E-state index is 0.0147. The number of amides is 1. The van der Waals surface area contributed by atoms with Crippen LogP contribution in [0.4, 0.5) is 26.3 Å². The van der Waals surface area contributed by atoms with Gasteiger partial charge in [-0.15, -0.1) is 0 Å². The lowest BCUT2D eigenvalue weighted by Gasteiger charge is -2.12. The number of hydrazine groups is 1. The molecule has 13 heteroatoms. The number of nitrogen functional groups attached to an aromatic ring is 1. The van der Waals surface area contributed by atoms with Crippen molar-refractivity contribution in [3.8, 4) is 11.5 Å². The number of esters is 1. The summed E-state index contributed by atoms with van der Waals surface area (Å²) in [5, 5.41) is 0. The van der Waals surface area contributed by atoms with Crippen LogP contribution in [0.3, 0.4) is 0 Å². The quantitative estimate of drug-likeness (QED) is 0.233. The number of halogens is 6. The van der Waals surface area contributed by atoms with Crippen LogP contribution in [0.1, 0.15) is 31.8 Å². The lowest BCUT2D eigenvalue weighted by molar-refractivity contribution is -0.138. The molecule has 0 saturated heterocycles. The van der Waals surface area contributed by atoms with Gasteiger partial charge in [-0.25, -0.2) is 10.6 Å². The first-order valence-electron chi connectivity index (χ1n) is 8.39. The zero-order chi connectivity index (χ0) is 24.7. The smallest absolute Gasteiger partial charge is 0.417 e. The SMILES string of the molecule is COC(=O)c1ccc(OC)cc1C(F)(F)F.COc1ccc(C(=O)NN)c(C(F)(F)F)c1. The van der Waals surface area contributed by atoms with Crippen LogP contribution >= 0.6 is 0 Å². The van der Waals surface area contributed by atoms with Gasteiger partial charge in [0.15, 0.2) is 0 Å². The minimum atomic E-state index is -4.64. The fourth-order valence-corrected chi connectivity index (χ4v) is 2.33. The third-order valence-electron chi connectivity index (χ3n) is 3.85. The number of benzene rings is 2. The summed E-state index contributed by atoms with van der Waals surface area (Å²) < 4.78 is 89.1. The number of carbonyl (C=O) groups is 2. The molecule has 0 aliphatic heterocycles. The van der Waals surface area contributed by atoms with E-state index in [9.17, 15) is 35.9 Å². The van der Waals surface area contributed by atoms with Crippen molar-refractivity contribution in [3.05, 3.63) is 58.7 Å². The first kappa shape index (κ1) is 26.6. The Morgan fingerprint density at radius 3 is 1.53 bits per heavy atom. The molecule has 0 bridgehead atoms. The van der Waals surface area contributed by atoms with Gasteiger partial charge in [-0.2, -0.15) is 26.3 Å². The highest BCUT2D eigenvalue weighted by atomic mass is 19.4. The summed E-state index contributed by atoms with van der Waals surface area (Å²) in [6.45, 7) is 0. The Kier molecular flexibility index (Phi) is 8.88. The van der Waals surface area contributed by atoms with Gasteiger partial charge in [0.1, 0.15) is 11.5 Å². The molecule has 0 radical (unpaired) electrons. The molecule has 0 fully saturated rings. The molecule has 2 rings (SSSR count). The summed E-state index contributed by atoms with van der Waals surface area (Å²) in [6.07, 6.45) is -9.27. The molecule has 2 aromatic rings. The molecule has 0 aliphatic carbocycles. The molecule has 176 valence electrons. The van der Waals surface area contributed by atoms with Gasteiger partial charge >= 0.3 is 18.3 Å². The second kappa shape index (κ2) is 10.7. The molecule has 0 aliphatic rings. The number of methoxy groups -OCH3 is 3. The zero-order valence-electron chi connectivity index (χ0n) is 16.9. The average Bonchev–Trinajstić information content (AvgIpc) is 2.76. The lowest BCUT2D eigenvalue weighted by atomic mass is 10.1. The number of ether oxygens (including phenoxy) is 3. The van der Waals surface area contributed by atoms with E-state index in [0.717, 1.165) is 31.4 Å². The number of carbonyl (C=O) groups excluding carboxylic acids is 2. The molecule has 3 N–H and O–H groups in total. The summed E-state index contributed by atoms with van der Waals surface area (Å²) in [5.74, 6) is 2.79. The Labute approximate surface area is 178 Å². The monoisotopic (exact) mass is 468 g/mol. The summed E-state index contributed by atoms with van der Waals surface area (Å²) in [6, 6.07) is 6.04. The zero-order valence-corrected chi connectivity index (χ0v) is 16.9. The van der Waals surface area contributed by atoms with Crippen molar-refractivity contribution in [2.24, 2.45) is 5.84 Å². The third-order valence-corrected chi connectivity index (χ3v) is 3.85. The summed E-state index contributed by atoms with van der Waals surface area (Å²) in [7, 11) is 3.50. The van der Waals surface area contributed by atoms with Crippen molar-refractivity contribution in [2.45, 2.75) is 12.4 Å². The Hall–Kier alpha value is -3.48. The number of nitrogens with one attached hydrogen (secondary N) is 1. The lowest BCUT2D eigenvalue weighted by Crippen LogP contribution is -2.31. The number of rotatable bonds is 4. The predicted molar refractivity (Wildman–Crippen MR) is 99.0 cm³/mol. The Morgan fingerprint density at radius 1 is 0.781 bits per heavy atom. The van der Waals surface area contributed by atoms with E-state index < -0.39 is 46.5 Å². The molecule has 32 heavy (non-hydrogen) atoms. The maximum absolute atomic E-state index is 12.6. The van der Waals surface area contributed by atoms with Crippen LogP contribution in [0.25, 0.3) is 0 Å². The maximum Gasteiger partial charge on any atom is 0.417 e. The van der Waals surface area contributed by atoms with E-state index in [1.807, 2.05) is 0 Å². The van der Waals surface area contributed by atoms with Gasteiger partial charge < -0.3 is 14.2 Å². The van der Waals surface area contributed by atoms with Crippen LogP contribution in [0.5, 0.6) is 11.5 Å². The highest BCUT2D eigenvalue weighted by Crippen LogP contribution is 2.35. The van der Waals surface area contributed by atoms with Crippen LogP contribution in [0.15, 0.2) is 36.4 Å². The van der Waals surface area contributed by atoms with Crippen LogP contribution < -0.4 is 20.7 Å². The normalized spacial score (nSPS) is 11.1. The second-order valence-corrected chi connectivity index (χ2v) is 5.78. The molecule has 0 heterocycles. The molecular formula is C19H18F6N2O5. The van der Waals surface area contributed by atoms with Crippen LogP contribution in [-0.2, 0) is 17.1 Å². The molecule has 0 aromatic heterocycles. The van der Waals surface area contributed by atoms with Crippen LogP contribution in [0, 0.1) is 0 Å². The van der Waals surface area contributed by atoms with Crippen molar-refractivity contribution in [1.29, 1.82) is 0 Å². The van der Waals surface area contributed by atoms with E-state index in [0.29, 0.717) is 0 Å². The van der Waals surface area contributed by atoms with Crippen molar-refractivity contribution in [2.75, 3.05) is 21.3 Å². The minimum Gasteiger partial charge on any atom is -0.497 e. The van der Waals surface area contributed by atoms with E-state index in [4.69, 9.17) is 5.84 Å². The highest BCUT2D eigenvalue weighted by molar-refractivity contribution is 5.95. The number of alkyl halides is 6. The van der Waals surface area contributed by atoms with Crippen LogP contribution in [-0.4, -0.2) is 33.2 Å². The van der Waals surface area contributed by atoms with Gasteiger partial charge in [0.05, 0.1) is 43.6 Å². The van der Waals surface area contributed by atoms with E-state index in [-0.39, 0.29) is 11.5 Å². The standard InChI is InChI=1S/C10H9F3O3.C9H9F3N2O2/c1-15-6-3-4-7(9(14)16-2)8(5-6)10(11,12)13;1-16-5-2-3-6(8(15)14-13)7(4-5)9(10,11)12/h3-5H,1-2H3;2-4H,13H2,1H3,(H,14,15). The third kappa shape index (κ3) is 6.77. The highest BCUT2D eigenvalue weighted by Gasteiger charge is 2.36. The molecule has 7 nitrogen and oxygen atoms in total. The van der Waals surface area contributed by atoms with Gasteiger partial charge in [0.25, 0.3) is 5.91 Å². The van der Waals surface area contributed by atoms with Gasteiger partial charge in [-0.1, -0.05) is 0 Å². The number of nitrogens with two attached hydrogens (primary N) is 1. The largest absolute Gasteiger partial charge is 0.497 e. The average molecular weight is 468 g/mol.